The van der Waals surface area contributed by atoms with E-state index in [1.54, 1.807) is 4.90 Å². The maximum atomic E-state index is 11.6. The van der Waals surface area contributed by atoms with E-state index < -0.39 is 0 Å². The quantitative estimate of drug-likeness (QED) is 0.441. The minimum Gasteiger partial charge on any atom is -0.315 e. The average Bonchev–Trinajstić information content (AvgIpc) is 2.63. The molecule has 1 aromatic carbocycles. The van der Waals surface area contributed by atoms with Crippen molar-refractivity contribution >= 4 is 11.6 Å². The minimum absolute atomic E-state index is 0.173. The van der Waals surface area contributed by atoms with Gasteiger partial charge in [-0.15, -0.1) is 0 Å². The molecule has 1 amide bonds. The van der Waals surface area contributed by atoms with E-state index in [-0.39, 0.29) is 5.91 Å². The summed E-state index contributed by atoms with van der Waals surface area (Å²) in [5, 5.41) is 0. The van der Waals surface area contributed by atoms with Crippen LogP contribution >= 0.6 is 0 Å². The van der Waals surface area contributed by atoms with Crippen LogP contribution in [0, 0.1) is 0 Å². The van der Waals surface area contributed by atoms with Crippen LogP contribution in [-0.2, 0) is 17.6 Å². The lowest BCUT2D eigenvalue weighted by molar-refractivity contribution is -0.117. The van der Waals surface area contributed by atoms with Crippen molar-refractivity contribution in [1.29, 1.82) is 0 Å². The Morgan fingerprint density at radius 3 is 3.00 bits per heavy atom. The third kappa shape index (κ3) is 2.69. The molecule has 0 aromatic heterocycles. The molecule has 0 fully saturated rings. The molecule has 5 heteroatoms. The average molecular weight is 248 g/mol. The molecule has 0 aliphatic carbocycles. The molecule has 0 saturated carbocycles. The molecule has 0 unspecified atom stereocenters. The van der Waals surface area contributed by atoms with Gasteiger partial charge >= 0.3 is 0 Å². The normalized spacial score (nSPS) is 14.4. The maximum Gasteiger partial charge on any atom is 0.231 e. The molecular weight excluding hydrogens is 228 g/mol. The van der Waals surface area contributed by atoms with Crippen LogP contribution in [0.4, 0.5) is 5.69 Å². The third-order valence-electron chi connectivity index (χ3n) is 3.36. The van der Waals surface area contributed by atoms with Crippen LogP contribution in [0.1, 0.15) is 11.1 Å². The monoisotopic (exact) mass is 248 g/mol. The number of benzene rings is 1. The molecule has 98 valence electrons. The number of anilines is 1. The second-order valence-corrected chi connectivity index (χ2v) is 4.78. The molecule has 1 heterocycles. The van der Waals surface area contributed by atoms with E-state index in [2.05, 4.69) is 22.5 Å². The van der Waals surface area contributed by atoms with Crippen molar-refractivity contribution < 1.29 is 4.79 Å². The lowest BCUT2D eigenvalue weighted by Gasteiger charge is -2.16. The van der Waals surface area contributed by atoms with E-state index >= 15 is 0 Å². The summed E-state index contributed by atoms with van der Waals surface area (Å²) in [6.45, 7) is 1.61. The van der Waals surface area contributed by atoms with Crippen molar-refractivity contribution in [2.24, 2.45) is 5.84 Å². The van der Waals surface area contributed by atoms with Gasteiger partial charge in [0.1, 0.15) is 0 Å². The number of hydrogen-bond donors (Lipinski definition) is 2. The minimum atomic E-state index is 0.173. The lowest BCUT2D eigenvalue weighted by Crippen LogP contribution is -2.36. The number of carbonyl (C=O) groups is 1. The van der Waals surface area contributed by atoms with Gasteiger partial charge in [-0.3, -0.25) is 15.5 Å². The highest BCUT2D eigenvalue weighted by Gasteiger charge is 2.23. The highest BCUT2D eigenvalue weighted by atomic mass is 16.2. The Bertz CT molecular complexity index is 447. The molecule has 1 aliphatic heterocycles. The maximum absolute atomic E-state index is 11.6. The number of hydrazine groups is 1. The van der Waals surface area contributed by atoms with Crippen LogP contribution < -0.4 is 16.2 Å². The van der Waals surface area contributed by atoms with Gasteiger partial charge in [0, 0.05) is 19.3 Å². The summed E-state index contributed by atoms with van der Waals surface area (Å²) in [5.41, 5.74) is 6.08. The molecule has 5 nitrogen and oxygen atoms in total. The molecule has 18 heavy (non-hydrogen) atoms. The SMILES string of the molecule is CN(CCc1ccc2c(c1)CC(=O)N2C)CNN. The summed E-state index contributed by atoms with van der Waals surface area (Å²) in [4.78, 5) is 15.4. The summed E-state index contributed by atoms with van der Waals surface area (Å²) >= 11 is 0. The van der Waals surface area contributed by atoms with E-state index in [0.717, 1.165) is 24.2 Å². The highest BCUT2D eigenvalue weighted by Crippen LogP contribution is 2.28. The van der Waals surface area contributed by atoms with Crippen molar-refractivity contribution in [1.82, 2.24) is 10.3 Å². The first-order chi connectivity index (χ1) is 8.61. The smallest absolute Gasteiger partial charge is 0.231 e. The Balaban J connectivity index is 2.00. The van der Waals surface area contributed by atoms with E-state index in [1.807, 2.05) is 20.2 Å². The number of likely N-dealkylation sites (N-methyl/N-ethyl adjacent to an activating group) is 2. The zero-order valence-electron chi connectivity index (χ0n) is 10.9. The fraction of sp³-hybridized carbons (Fsp3) is 0.462. The number of hydrogen-bond acceptors (Lipinski definition) is 4. The molecule has 0 radical (unpaired) electrons. The number of amides is 1. The molecule has 0 bridgehead atoms. The van der Waals surface area contributed by atoms with Gasteiger partial charge < -0.3 is 4.90 Å². The fourth-order valence-corrected chi connectivity index (χ4v) is 2.23. The Hall–Kier alpha value is -1.43. The molecular formula is C13H20N4O. The van der Waals surface area contributed by atoms with Crippen LogP contribution in [0.2, 0.25) is 0 Å². The molecule has 3 N–H and O–H groups in total. The number of rotatable bonds is 5. The van der Waals surface area contributed by atoms with Gasteiger partial charge in [-0.05, 0) is 30.7 Å². The predicted octanol–water partition coefficient (Wildman–Crippen LogP) is 0.101. The van der Waals surface area contributed by atoms with Gasteiger partial charge in [0.15, 0.2) is 0 Å². The largest absolute Gasteiger partial charge is 0.315 e. The van der Waals surface area contributed by atoms with Crippen LogP contribution in [0.25, 0.3) is 0 Å². The first kappa shape index (κ1) is 13.0. The predicted molar refractivity (Wildman–Crippen MR) is 72.1 cm³/mol. The fourth-order valence-electron chi connectivity index (χ4n) is 2.23. The summed E-state index contributed by atoms with van der Waals surface area (Å²) in [6, 6.07) is 6.27. The van der Waals surface area contributed by atoms with E-state index in [0.29, 0.717) is 13.1 Å². The summed E-state index contributed by atoms with van der Waals surface area (Å²) in [5.74, 6) is 5.44. The Labute approximate surface area is 108 Å². The highest BCUT2D eigenvalue weighted by molar-refractivity contribution is 6.00. The zero-order valence-corrected chi connectivity index (χ0v) is 10.9. The number of nitrogens with two attached hydrogens (primary N) is 1. The molecule has 1 aliphatic rings. The van der Waals surface area contributed by atoms with Crippen molar-refractivity contribution in [3.8, 4) is 0 Å². The first-order valence-corrected chi connectivity index (χ1v) is 6.12. The van der Waals surface area contributed by atoms with Crippen LogP contribution in [-0.4, -0.2) is 38.1 Å². The summed E-state index contributed by atoms with van der Waals surface area (Å²) < 4.78 is 0. The Morgan fingerprint density at radius 2 is 2.28 bits per heavy atom. The third-order valence-corrected chi connectivity index (χ3v) is 3.36. The lowest BCUT2D eigenvalue weighted by atomic mass is 10.1. The van der Waals surface area contributed by atoms with Crippen molar-refractivity contribution in [3.63, 3.8) is 0 Å². The summed E-state index contributed by atoms with van der Waals surface area (Å²) in [6.07, 6.45) is 1.49. The molecule has 0 saturated heterocycles. The standard InChI is InChI=1S/C13H20N4O/c1-16(9-15-14)6-5-10-3-4-12-11(7-10)8-13(18)17(12)2/h3-4,7,15H,5-6,8-9,14H2,1-2H3. The van der Waals surface area contributed by atoms with E-state index in [4.69, 9.17) is 5.84 Å². The Kier molecular flexibility index (Phi) is 3.96. The van der Waals surface area contributed by atoms with Gasteiger partial charge in [-0.1, -0.05) is 12.1 Å². The molecule has 2 rings (SSSR count). The van der Waals surface area contributed by atoms with Crippen LogP contribution in [0.5, 0.6) is 0 Å². The number of fused-ring (bicyclic) bond motifs is 1. The van der Waals surface area contributed by atoms with Crippen molar-refractivity contribution in [3.05, 3.63) is 29.3 Å². The van der Waals surface area contributed by atoms with Crippen molar-refractivity contribution in [2.75, 3.05) is 32.2 Å². The van der Waals surface area contributed by atoms with E-state index in [9.17, 15) is 4.79 Å². The van der Waals surface area contributed by atoms with Gasteiger partial charge in [0.05, 0.1) is 13.1 Å². The van der Waals surface area contributed by atoms with Gasteiger partial charge in [-0.25, -0.2) is 5.43 Å². The van der Waals surface area contributed by atoms with Gasteiger partial charge in [0.25, 0.3) is 0 Å². The molecule has 0 atom stereocenters. The number of carbonyl (C=O) groups excluding carboxylic acids is 1. The van der Waals surface area contributed by atoms with Crippen LogP contribution in [0.3, 0.4) is 0 Å². The second-order valence-electron chi connectivity index (χ2n) is 4.78. The first-order valence-electron chi connectivity index (χ1n) is 6.12. The Morgan fingerprint density at radius 1 is 1.50 bits per heavy atom. The number of nitrogens with zero attached hydrogens (tertiary/aromatic N) is 2. The molecule has 0 spiro atoms. The topological polar surface area (TPSA) is 61.6 Å². The van der Waals surface area contributed by atoms with Gasteiger partial charge in [-0.2, -0.15) is 0 Å². The zero-order chi connectivity index (χ0) is 13.1. The van der Waals surface area contributed by atoms with Crippen molar-refractivity contribution in [2.45, 2.75) is 12.8 Å². The van der Waals surface area contributed by atoms with Gasteiger partial charge in [0.2, 0.25) is 5.91 Å². The summed E-state index contributed by atoms with van der Waals surface area (Å²) in [7, 11) is 3.85. The second kappa shape index (κ2) is 5.48. The molecule has 1 aromatic rings. The number of nitrogens with one attached hydrogen (secondary N) is 1. The van der Waals surface area contributed by atoms with Crippen LogP contribution in [0.15, 0.2) is 18.2 Å². The van der Waals surface area contributed by atoms with E-state index in [1.165, 1.54) is 5.56 Å².